The van der Waals surface area contributed by atoms with E-state index < -0.39 is 24.4 Å². The quantitative estimate of drug-likeness (QED) is 0.473. The number of methoxy groups -OCH3 is 1. The zero-order valence-corrected chi connectivity index (χ0v) is 12.4. The van der Waals surface area contributed by atoms with Crippen LogP contribution >= 0.6 is 0 Å². The standard InChI is InChI=1S/C15H21N3O4/c1-21-12-7-11(8-19)14(20)15(13(12)17-18-16)22-9-10-5-3-2-4-6-10/h2-6,11-15,19-20H,7-9H2,1H3/t11?,12-,13?,14+,15+/m0/s1. The molecule has 0 saturated heterocycles. The summed E-state index contributed by atoms with van der Waals surface area (Å²) in [6.07, 6.45) is -1.59. The van der Waals surface area contributed by atoms with E-state index in [1.807, 2.05) is 30.3 Å². The van der Waals surface area contributed by atoms with Crippen LogP contribution in [0.25, 0.3) is 10.4 Å². The number of benzene rings is 1. The monoisotopic (exact) mass is 307 g/mol. The number of hydrogen-bond acceptors (Lipinski definition) is 5. The smallest absolute Gasteiger partial charge is 0.0951 e. The van der Waals surface area contributed by atoms with Gasteiger partial charge in [0, 0.05) is 24.5 Å². The van der Waals surface area contributed by atoms with E-state index in [0.29, 0.717) is 6.42 Å². The molecule has 1 aliphatic carbocycles. The zero-order valence-electron chi connectivity index (χ0n) is 12.4. The molecule has 7 nitrogen and oxygen atoms in total. The minimum Gasteiger partial charge on any atom is -0.396 e. The third kappa shape index (κ3) is 3.76. The van der Waals surface area contributed by atoms with Crippen LogP contribution in [0.1, 0.15) is 12.0 Å². The van der Waals surface area contributed by atoms with Gasteiger partial charge in [0.2, 0.25) is 0 Å². The van der Waals surface area contributed by atoms with Gasteiger partial charge in [0.25, 0.3) is 0 Å². The zero-order chi connectivity index (χ0) is 15.9. The van der Waals surface area contributed by atoms with Gasteiger partial charge in [0.1, 0.15) is 0 Å². The first-order chi connectivity index (χ1) is 10.7. The fourth-order valence-electron chi connectivity index (χ4n) is 2.84. The van der Waals surface area contributed by atoms with E-state index in [1.54, 1.807) is 0 Å². The summed E-state index contributed by atoms with van der Waals surface area (Å²) in [4.78, 5) is 2.84. The predicted octanol–water partition coefficient (Wildman–Crippen LogP) is 1.64. The first kappa shape index (κ1) is 16.7. The van der Waals surface area contributed by atoms with Gasteiger partial charge < -0.3 is 19.7 Å². The number of ether oxygens (including phenoxy) is 2. The molecule has 0 heterocycles. The molecule has 120 valence electrons. The highest BCUT2D eigenvalue weighted by molar-refractivity contribution is 5.13. The van der Waals surface area contributed by atoms with Crippen molar-refractivity contribution in [3.63, 3.8) is 0 Å². The van der Waals surface area contributed by atoms with Crippen molar-refractivity contribution in [2.24, 2.45) is 11.0 Å². The Morgan fingerprint density at radius 1 is 1.36 bits per heavy atom. The molecule has 0 amide bonds. The van der Waals surface area contributed by atoms with Gasteiger partial charge in [-0.1, -0.05) is 35.4 Å². The van der Waals surface area contributed by atoms with Gasteiger partial charge in [-0.2, -0.15) is 0 Å². The van der Waals surface area contributed by atoms with Crippen molar-refractivity contribution < 1.29 is 19.7 Å². The molecular formula is C15H21N3O4. The molecule has 1 aliphatic rings. The number of aliphatic hydroxyl groups is 2. The van der Waals surface area contributed by atoms with Crippen molar-refractivity contribution in [2.75, 3.05) is 13.7 Å². The van der Waals surface area contributed by atoms with Crippen LogP contribution in [-0.4, -0.2) is 48.3 Å². The fraction of sp³-hybridized carbons (Fsp3) is 0.600. The summed E-state index contributed by atoms with van der Waals surface area (Å²) in [5.41, 5.74) is 9.71. The Bertz CT molecular complexity index is 507. The van der Waals surface area contributed by atoms with E-state index in [1.165, 1.54) is 7.11 Å². The largest absolute Gasteiger partial charge is 0.396 e. The number of nitrogens with zero attached hydrogens (tertiary/aromatic N) is 3. The molecule has 0 radical (unpaired) electrons. The Kier molecular flexibility index (Phi) is 6.18. The number of azide groups is 1. The highest BCUT2D eigenvalue weighted by Gasteiger charge is 2.44. The van der Waals surface area contributed by atoms with Crippen LogP contribution in [0.4, 0.5) is 0 Å². The van der Waals surface area contributed by atoms with Gasteiger partial charge in [-0.25, -0.2) is 0 Å². The predicted molar refractivity (Wildman–Crippen MR) is 79.9 cm³/mol. The summed E-state index contributed by atoms with van der Waals surface area (Å²) in [7, 11) is 1.52. The van der Waals surface area contributed by atoms with Crippen LogP contribution in [0.3, 0.4) is 0 Å². The molecule has 1 saturated carbocycles. The summed E-state index contributed by atoms with van der Waals surface area (Å²) >= 11 is 0. The normalized spacial score (nSPS) is 31.5. The van der Waals surface area contributed by atoms with Crippen LogP contribution in [0.15, 0.2) is 35.4 Å². The van der Waals surface area contributed by atoms with Crippen molar-refractivity contribution >= 4 is 0 Å². The molecule has 2 N–H and O–H groups in total. The van der Waals surface area contributed by atoms with Gasteiger partial charge in [-0.05, 0) is 17.5 Å². The molecule has 7 heteroatoms. The molecule has 2 unspecified atom stereocenters. The van der Waals surface area contributed by atoms with E-state index in [9.17, 15) is 10.2 Å². The van der Waals surface area contributed by atoms with Crippen LogP contribution in [0.5, 0.6) is 0 Å². The van der Waals surface area contributed by atoms with Crippen molar-refractivity contribution in [1.29, 1.82) is 0 Å². The maximum Gasteiger partial charge on any atom is 0.0951 e. The van der Waals surface area contributed by atoms with Gasteiger partial charge in [-0.3, -0.25) is 0 Å². The summed E-state index contributed by atoms with van der Waals surface area (Å²) < 4.78 is 11.2. The Morgan fingerprint density at radius 2 is 2.09 bits per heavy atom. The maximum atomic E-state index is 10.4. The van der Waals surface area contributed by atoms with E-state index in [-0.39, 0.29) is 19.1 Å². The molecule has 22 heavy (non-hydrogen) atoms. The summed E-state index contributed by atoms with van der Waals surface area (Å²) in [5.74, 6) is -0.365. The SMILES string of the molecule is CO[C@H]1CC(CO)[C@@H](O)[C@H](OCc2ccccc2)C1N=[N+]=[N-]. The van der Waals surface area contributed by atoms with Gasteiger partial charge >= 0.3 is 0 Å². The Balaban J connectivity index is 2.15. The molecule has 1 aromatic rings. The van der Waals surface area contributed by atoms with Crippen LogP contribution in [0.2, 0.25) is 0 Å². The number of aliphatic hydroxyl groups excluding tert-OH is 2. The lowest BCUT2D eigenvalue weighted by atomic mass is 9.80. The van der Waals surface area contributed by atoms with Gasteiger partial charge in [0.05, 0.1) is 31.0 Å². The lowest BCUT2D eigenvalue weighted by molar-refractivity contribution is -0.144. The van der Waals surface area contributed by atoms with Crippen molar-refractivity contribution in [3.05, 3.63) is 46.3 Å². The van der Waals surface area contributed by atoms with Crippen molar-refractivity contribution in [2.45, 2.75) is 37.4 Å². The van der Waals surface area contributed by atoms with E-state index in [2.05, 4.69) is 10.0 Å². The van der Waals surface area contributed by atoms with Gasteiger partial charge in [0.15, 0.2) is 0 Å². The van der Waals surface area contributed by atoms with E-state index >= 15 is 0 Å². The molecule has 5 atom stereocenters. The third-order valence-corrected chi connectivity index (χ3v) is 4.08. The van der Waals surface area contributed by atoms with Crippen molar-refractivity contribution in [3.8, 4) is 0 Å². The Labute approximate surface area is 129 Å². The Morgan fingerprint density at radius 3 is 2.68 bits per heavy atom. The maximum absolute atomic E-state index is 10.4. The molecule has 1 aromatic carbocycles. The van der Waals surface area contributed by atoms with Crippen LogP contribution in [-0.2, 0) is 16.1 Å². The highest BCUT2D eigenvalue weighted by Crippen LogP contribution is 2.31. The molecule has 1 fully saturated rings. The Hall–Kier alpha value is -1.63. The first-order valence-electron chi connectivity index (χ1n) is 7.22. The van der Waals surface area contributed by atoms with E-state index in [0.717, 1.165) is 5.56 Å². The highest BCUT2D eigenvalue weighted by atomic mass is 16.5. The lowest BCUT2D eigenvalue weighted by Gasteiger charge is -2.41. The average molecular weight is 307 g/mol. The average Bonchev–Trinajstić information content (AvgIpc) is 2.56. The van der Waals surface area contributed by atoms with Crippen LogP contribution in [0, 0.1) is 5.92 Å². The molecular weight excluding hydrogens is 286 g/mol. The lowest BCUT2D eigenvalue weighted by Crippen LogP contribution is -2.55. The summed E-state index contributed by atoms with van der Waals surface area (Å²) in [5, 5.41) is 23.6. The van der Waals surface area contributed by atoms with Crippen LogP contribution < -0.4 is 0 Å². The first-order valence-corrected chi connectivity index (χ1v) is 7.22. The molecule has 0 aliphatic heterocycles. The number of rotatable bonds is 6. The second-order valence-electron chi connectivity index (χ2n) is 5.40. The minimum absolute atomic E-state index is 0.171. The third-order valence-electron chi connectivity index (χ3n) is 4.08. The molecule has 0 bridgehead atoms. The second-order valence-corrected chi connectivity index (χ2v) is 5.40. The van der Waals surface area contributed by atoms with E-state index in [4.69, 9.17) is 15.0 Å². The second kappa shape index (κ2) is 8.12. The molecule has 0 aromatic heterocycles. The molecule has 0 spiro atoms. The fourth-order valence-corrected chi connectivity index (χ4v) is 2.84. The summed E-state index contributed by atoms with van der Waals surface area (Å²) in [6, 6.07) is 8.90. The number of hydrogen-bond donors (Lipinski definition) is 2. The van der Waals surface area contributed by atoms with Crippen molar-refractivity contribution in [1.82, 2.24) is 0 Å². The summed E-state index contributed by atoms with van der Waals surface area (Å²) in [6.45, 7) is 0.115. The molecule has 2 rings (SSSR count). The topological polar surface area (TPSA) is 108 Å². The minimum atomic E-state index is -0.907. The van der Waals surface area contributed by atoms with Gasteiger partial charge in [-0.15, -0.1) is 0 Å².